The minimum atomic E-state index is -3.14. The summed E-state index contributed by atoms with van der Waals surface area (Å²) in [5, 5.41) is 3.98. The smallest absolute Gasteiger partial charge is 0.211 e. The van der Waals surface area contributed by atoms with Crippen molar-refractivity contribution in [2.75, 3.05) is 5.75 Å². The fraction of sp³-hybridized carbons (Fsp3) is 0.625. The number of nitrogens with one attached hydrogen (secondary N) is 1. The Kier molecular flexibility index (Phi) is 3.28. The minimum absolute atomic E-state index is 0.0948. The van der Waals surface area contributed by atoms with Crippen molar-refractivity contribution in [1.82, 2.24) is 14.5 Å². The second kappa shape index (κ2) is 4.10. The van der Waals surface area contributed by atoms with Crippen molar-refractivity contribution in [3.05, 3.63) is 18.0 Å². The van der Waals surface area contributed by atoms with Crippen LogP contribution in [0, 0.1) is 0 Å². The number of hydrogen-bond acceptors (Lipinski definition) is 3. The van der Waals surface area contributed by atoms with E-state index in [-0.39, 0.29) is 11.8 Å². The Bertz CT molecular complexity index is 396. The van der Waals surface area contributed by atoms with Crippen molar-refractivity contribution in [3.8, 4) is 0 Å². The van der Waals surface area contributed by atoms with Gasteiger partial charge in [-0.2, -0.15) is 5.10 Å². The van der Waals surface area contributed by atoms with Crippen molar-refractivity contribution in [2.24, 2.45) is 7.05 Å². The van der Waals surface area contributed by atoms with Crippen molar-refractivity contribution in [3.63, 3.8) is 0 Å². The number of nitrogens with zero attached hydrogens (tertiary/aromatic N) is 2. The molecule has 0 saturated heterocycles. The molecule has 0 aliphatic carbocycles. The molecular weight excluding hydrogens is 202 g/mol. The Labute approximate surface area is 84.2 Å². The minimum Gasteiger partial charge on any atom is -0.275 e. The third-order valence-electron chi connectivity index (χ3n) is 1.96. The summed E-state index contributed by atoms with van der Waals surface area (Å²) in [7, 11) is -1.35. The highest BCUT2D eigenvalue weighted by molar-refractivity contribution is 7.89. The van der Waals surface area contributed by atoms with E-state index in [0.717, 1.165) is 5.56 Å². The summed E-state index contributed by atoms with van der Waals surface area (Å²) in [6.07, 6.45) is 3.45. The average Bonchev–Trinajstić information content (AvgIpc) is 2.51. The average molecular weight is 217 g/mol. The summed E-state index contributed by atoms with van der Waals surface area (Å²) in [4.78, 5) is 0. The quantitative estimate of drug-likeness (QED) is 0.795. The molecule has 1 rings (SSSR count). The maximum absolute atomic E-state index is 11.3. The lowest BCUT2D eigenvalue weighted by Gasteiger charge is -2.10. The van der Waals surface area contributed by atoms with E-state index in [1.54, 1.807) is 38.0 Å². The van der Waals surface area contributed by atoms with Crippen molar-refractivity contribution >= 4 is 10.0 Å². The van der Waals surface area contributed by atoms with Crippen LogP contribution in [0.5, 0.6) is 0 Å². The largest absolute Gasteiger partial charge is 0.275 e. The van der Waals surface area contributed by atoms with Gasteiger partial charge in [0.15, 0.2) is 0 Å². The van der Waals surface area contributed by atoms with Gasteiger partial charge in [0.1, 0.15) is 0 Å². The first-order valence-corrected chi connectivity index (χ1v) is 6.08. The molecule has 80 valence electrons. The summed E-state index contributed by atoms with van der Waals surface area (Å²) in [6, 6.07) is -0.228. The van der Waals surface area contributed by atoms with Crippen LogP contribution in [0.4, 0.5) is 0 Å². The second-order valence-electron chi connectivity index (χ2n) is 3.19. The third kappa shape index (κ3) is 2.81. The van der Waals surface area contributed by atoms with Crippen molar-refractivity contribution < 1.29 is 8.42 Å². The number of aromatic nitrogens is 2. The molecule has 0 aliphatic heterocycles. The zero-order chi connectivity index (χ0) is 10.8. The lowest BCUT2D eigenvalue weighted by atomic mass is 10.2. The van der Waals surface area contributed by atoms with Gasteiger partial charge in [-0.1, -0.05) is 0 Å². The molecule has 0 aromatic carbocycles. The zero-order valence-electron chi connectivity index (χ0n) is 8.56. The normalized spacial score (nSPS) is 14.2. The van der Waals surface area contributed by atoms with Gasteiger partial charge >= 0.3 is 0 Å². The van der Waals surface area contributed by atoms with Crippen LogP contribution in [0.2, 0.25) is 0 Å². The predicted molar refractivity (Wildman–Crippen MR) is 54.2 cm³/mol. The maximum Gasteiger partial charge on any atom is 0.211 e. The molecule has 6 heteroatoms. The first-order chi connectivity index (χ1) is 6.44. The lowest BCUT2D eigenvalue weighted by molar-refractivity contribution is 0.568. The Morgan fingerprint density at radius 3 is 2.71 bits per heavy atom. The van der Waals surface area contributed by atoms with Crippen LogP contribution >= 0.6 is 0 Å². The van der Waals surface area contributed by atoms with Crippen LogP contribution in [0.15, 0.2) is 12.4 Å². The van der Waals surface area contributed by atoms with E-state index in [9.17, 15) is 8.42 Å². The topological polar surface area (TPSA) is 64.0 Å². The molecule has 1 heterocycles. The van der Waals surface area contributed by atoms with Gasteiger partial charge in [-0.15, -0.1) is 0 Å². The molecule has 0 amide bonds. The fourth-order valence-electron chi connectivity index (χ4n) is 1.08. The lowest BCUT2D eigenvalue weighted by Crippen LogP contribution is -2.27. The van der Waals surface area contributed by atoms with Crippen LogP contribution in [0.25, 0.3) is 0 Å². The van der Waals surface area contributed by atoms with Gasteiger partial charge < -0.3 is 0 Å². The van der Waals surface area contributed by atoms with E-state index >= 15 is 0 Å². The molecule has 1 atom stereocenters. The molecule has 0 spiro atoms. The summed E-state index contributed by atoms with van der Waals surface area (Å²) < 4.78 is 26.7. The maximum atomic E-state index is 11.3. The van der Waals surface area contributed by atoms with E-state index in [0.29, 0.717) is 0 Å². The van der Waals surface area contributed by atoms with Crippen molar-refractivity contribution in [1.29, 1.82) is 0 Å². The third-order valence-corrected chi connectivity index (χ3v) is 3.43. The molecule has 0 radical (unpaired) electrons. The highest BCUT2D eigenvalue weighted by Gasteiger charge is 2.14. The van der Waals surface area contributed by atoms with E-state index in [1.807, 2.05) is 0 Å². The molecule has 0 aliphatic rings. The molecule has 5 nitrogen and oxygen atoms in total. The molecule has 1 aromatic heterocycles. The highest BCUT2D eigenvalue weighted by atomic mass is 32.2. The molecule has 0 fully saturated rings. The summed E-state index contributed by atoms with van der Waals surface area (Å²) in [5.74, 6) is 0.0948. The molecular formula is C8H15N3O2S. The van der Waals surface area contributed by atoms with E-state index in [2.05, 4.69) is 9.82 Å². The van der Waals surface area contributed by atoms with Crippen LogP contribution in [0.3, 0.4) is 0 Å². The Hall–Kier alpha value is -0.880. The van der Waals surface area contributed by atoms with Crippen LogP contribution in [0.1, 0.15) is 25.5 Å². The van der Waals surface area contributed by atoms with Gasteiger partial charge in [0, 0.05) is 24.8 Å². The predicted octanol–water partition coefficient (Wildman–Crippen LogP) is 0.420. The van der Waals surface area contributed by atoms with Gasteiger partial charge in [0.25, 0.3) is 0 Å². The zero-order valence-corrected chi connectivity index (χ0v) is 9.37. The van der Waals surface area contributed by atoms with E-state index < -0.39 is 10.0 Å². The Balaban J connectivity index is 2.73. The monoisotopic (exact) mass is 217 g/mol. The molecule has 14 heavy (non-hydrogen) atoms. The standard InChI is InChI=1S/C8H15N3O2S/c1-4-14(12,13)10-7(2)8-5-9-11(3)6-8/h5-7,10H,4H2,1-3H3/t7-/m0/s1. The van der Waals surface area contributed by atoms with E-state index in [1.165, 1.54) is 0 Å². The van der Waals surface area contributed by atoms with Crippen LogP contribution in [-0.4, -0.2) is 24.0 Å². The second-order valence-corrected chi connectivity index (χ2v) is 5.23. The van der Waals surface area contributed by atoms with Gasteiger partial charge in [-0.05, 0) is 13.8 Å². The van der Waals surface area contributed by atoms with Crippen LogP contribution < -0.4 is 4.72 Å². The fourth-order valence-corrected chi connectivity index (χ4v) is 1.93. The molecule has 1 N–H and O–H groups in total. The molecule has 0 saturated carbocycles. The number of rotatable bonds is 4. The summed E-state index contributed by atoms with van der Waals surface area (Å²) in [6.45, 7) is 3.41. The number of hydrogen-bond donors (Lipinski definition) is 1. The molecule has 1 aromatic rings. The summed E-state index contributed by atoms with van der Waals surface area (Å²) in [5.41, 5.74) is 0.865. The SMILES string of the molecule is CCS(=O)(=O)N[C@@H](C)c1cnn(C)c1. The summed E-state index contributed by atoms with van der Waals surface area (Å²) >= 11 is 0. The Morgan fingerprint density at radius 2 is 2.29 bits per heavy atom. The van der Waals surface area contributed by atoms with Gasteiger partial charge in [-0.3, -0.25) is 4.68 Å². The van der Waals surface area contributed by atoms with Crippen LogP contribution in [-0.2, 0) is 17.1 Å². The Morgan fingerprint density at radius 1 is 1.64 bits per heavy atom. The van der Waals surface area contributed by atoms with E-state index in [4.69, 9.17) is 0 Å². The number of sulfonamides is 1. The first kappa shape index (κ1) is 11.2. The van der Waals surface area contributed by atoms with Gasteiger partial charge in [0.2, 0.25) is 10.0 Å². The van der Waals surface area contributed by atoms with Gasteiger partial charge in [0.05, 0.1) is 11.9 Å². The first-order valence-electron chi connectivity index (χ1n) is 4.43. The molecule has 0 bridgehead atoms. The van der Waals surface area contributed by atoms with Gasteiger partial charge in [-0.25, -0.2) is 13.1 Å². The highest BCUT2D eigenvalue weighted by Crippen LogP contribution is 2.11. The van der Waals surface area contributed by atoms with Crippen molar-refractivity contribution in [2.45, 2.75) is 19.9 Å². The number of aryl methyl sites for hydroxylation is 1. The molecule has 0 unspecified atom stereocenters.